The number of amides is 1. The van der Waals surface area contributed by atoms with Gasteiger partial charge < -0.3 is 5.32 Å². The van der Waals surface area contributed by atoms with Crippen LogP contribution in [0, 0.1) is 0 Å². The smallest absolute Gasteiger partial charge is 0.225 e. The van der Waals surface area contributed by atoms with E-state index < -0.39 is 0 Å². The van der Waals surface area contributed by atoms with Crippen molar-refractivity contribution in [2.75, 3.05) is 5.32 Å². The molecule has 0 fully saturated rings. The zero-order valence-corrected chi connectivity index (χ0v) is 12.6. The number of aromatic amines is 1. The molecule has 0 aliphatic carbocycles. The molecule has 0 unspecified atom stereocenters. The lowest BCUT2D eigenvalue weighted by Gasteiger charge is -2.05. The lowest BCUT2D eigenvalue weighted by molar-refractivity contribution is -0.116. The summed E-state index contributed by atoms with van der Waals surface area (Å²) >= 11 is 0. The quantitative estimate of drug-likeness (QED) is 0.820. The summed E-state index contributed by atoms with van der Waals surface area (Å²) in [6.07, 6.45) is 5.02. The molecule has 1 atom stereocenters. The summed E-state index contributed by atoms with van der Waals surface area (Å²) in [5.74, 6) is 0.988. The Morgan fingerprint density at radius 3 is 3.00 bits per heavy atom. The largest absolute Gasteiger partial charge is 0.309 e. The van der Waals surface area contributed by atoms with Crippen molar-refractivity contribution < 1.29 is 4.79 Å². The first-order valence-corrected chi connectivity index (χ1v) is 7.44. The van der Waals surface area contributed by atoms with Crippen molar-refractivity contribution in [3.63, 3.8) is 0 Å². The van der Waals surface area contributed by atoms with E-state index in [4.69, 9.17) is 0 Å². The van der Waals surface area contributed by atoms with Gasteiger partial charge in [-0.3, -0.25) is 14.9 Å². The van der Waals surface area contributed by atoms with E-state index in [1.807, 2.05) is 24.3 Å². The third-order valence-electron chi connectivity index (χ3n) is 3.45. The average Bonchev–Trinajstić information content (AvgIpc) is 2.95. The van der Waals surface area contributed by atoms with Gasteiger partial charge >= 0.3 is 0 Å². The fraction of sp³-hybridized carbons (Fsp3) is 0.438. The van der Waals surface area contributed by atoms with Crippen molar-refractivity contribution in [3.05, 3.63) is 41.9 Å². The van der Waals surface area contributed by atoms with Crippen molar-refractivity contribution in [3.8, 4) is 0 Å². The average molecular weight is 286 g/mol. The standard InChI is InChI=1S/C16H22N4O/c1-3-6-12(2)14-11-15(20-19-14)18-16(21)9-8-13-7-4-5-10-17-13/h4-5,7,10-12H,3,6,8-9H2,1-2H3,(H2,18,19,20,21)/t12-/m1/s1. The third kappa shape index (κ3) is 4.70. The zero-order valence-electron chi connectivity index (χ0n) is 12.6. The van der Waals surface area contributed by atoms with Crippen LogP contribution in [0.15, 0.2) is 30.5 Å². The Hall–Kier alpha value is -2.17. The molecule has 21 heavy (non-hydrogen) atoms. The predicted molar refractivity (Wildman–Crippen MR) is 83.1 cm³/mol. The first kappa shape index (κ1) is 15.2. The zero-order chi connectivity index (χ0) is 15.1. The number of carbonyl (C=O) groups excluding carboxylic acids is 1. The molecule has 0 saturated carbocycles. The number of rotatable bonds is 7. The van der Waals surface area contributed by atoms with Crippen LogP contribution in [0.25, 0.3) is 0 Å². The summed E-state index contributed by atoms with van der Waals surface area (Å²) in [4.78, 5) is 16.1. The number of H-pyrrole nitrogens is 1. The molecule has 2 N–H and O–H groups in total. The molecule has 2 rings (SSSR count). The maximum atomic E-state index is 11.9. The Balaban J connectivity index is 1.83. The van der Waals surface area contributed by atoms with E-state index in [9.17, 15) is 4.79 Å². The first-order chi connectivity index (χ1) is 10.2. The Morgan fingerprint density at radius 1 is 1.43 bits per heavy atom. The molecular weight excluding hydrogens is 264 g/mol. The van der Waals surface area contributed by atoms with Crippen molar-refractivity contribution >= 4 is 11.7 Å². The molecular formula is C16H22N4O. The summed E-state index contributed by atoms with van der Waals surface area (Å²) in [6.45, 7) is 4.32. The van der Waals surface area contributed by atoms with Crippen molar-refractivity contribution in [1.82, 2.24) is 15.2 Å². The number of anilines is 1. The van der Waals surface area contributed by atoms with Gasteiger partial charge in [-0.15, -0.1) is 0 Å². The molecule has 112 valence electrons. The highest BCUT2D eigenvalue weighted by atomic mass is 16.1. The van der Waals surface area contributed by atoms with Crippen LogP contribution in [0.3, 0.4) is 0 Å². The van der Waals surface area contributed by atoms with Crippen LogP contribution < -0.4 is 5.32 Å². The van der Waals surface area contributed by atoms with Gasteiger partial charge in [0.15, 0.2) is 5.82 Å². The predicted octanol–water partition coefficient (Wildman–Crippen LogP) is 3.28. The number of nitrogens with zero attached hydrogens (tertiary/aromatic N) is 2. The van der Waals surface area contributed by atoms with E-state index in [0.29, 0.717) is 24.6 Å². The van der Waals surface area contributed by atoms with Gasteiger partial charge in [0.05, 0.1) is 0 Å². The summed E-state index contributed by atoms with van der Waals surface area (Å²) in [6, 6.07) is 7.63. The summed E-state index contributed by atoms with van der Waals surface area (Å²) < 4.78 is 0. The van der Waals surface area contributed by atoms with E-state index >= 15 is 0 Å². The normalized spacial score (nSPS) is 12.1. The van der Waals surface area contributed by atoms with Crippen LogP contribution in [0.1, 0.15) is 50.4 Å². The number of hydrogen-bond donors (Lipinski definition) is 2. The van der Waals surface area contributed by atoms with E-state index in [1.54, 1.807) is 6.20 Å². The van der Waals surface area contributed by atoms with Gasteiger partial charge in [-0.05, 0) is 30.9 Å². The molecule has 0 saturated heterocycles. The molecule has 0 aliphatic heterocycles. The van der Waals surface area contributed by atoms with E-state index in [0.717, 1.165) is 24.2 Å². The van der Waals surface area contributed by atoms with Crippen molar-refractivity contribution in [2.24, 2.45) is 0 Å². The molecule has 0 aliphatic rings. The molecule has 0 radical (unpaired) electrons. The van der Waals surface area contributed by atoms with E-state index in [2.05, 4.69) is 34.3 Å². The summed E-state index contributed by atoms with van der Waals surface area (Å²) in [7, 11) is 0. The molecule has 2 heterocycles. The van der Waals surface area contributed by atoms with Crippen LogP contribution >= 0.6 is 0 Å². The molecule has 1 amide bonds. The number of aromatic nitrogens is 3. The van der Waals surface area contributed by atoms with E-state index in [1.165, 1.54) is 0 Å². The lowest BCUT2D eigenvalue weighted by Crippen LogP contribution is -2.12. The Morgan fingerprint density at radius 2 is 2.29 bits per heavy atom. The monoisotopic (exact) mass is 286 g/mol. The number of hydrogen-bond acceptors (Lipinski definition) is 3. The van der Waals surface area contributed by atoms with E-state index in [-0.39, 0.29) is 5.91 Å². The minimum atomic E-state index is -0.0400. The first-order valence-electron chi connectivity index (χ1n) is 7.44. The Bertz CT molecular complexity index is 565. The second-order valence-electron chi connectivity index (χ2n) is 5.27. The number of nitrogens with one attached hydrogen (secondary N) is 2. The highest BCUT2D eigenvalue weighted by molar-refractivity contribution is 5.89. The topological polar surface area (TPSA) is 70.7 Å². The third-order valence-corrected chi connectivity index (χ3v) is 3.45. The van der Waals surface area contributed by atoms with Gasteiger partial charge in [-0.2, -0.15) is 5.10 Å². The Kier molecular flexibility index (Phi) is 5.49. The fourth-order valence-electron chi connectivity index (χ4n) is 2.23. The van der Waals surface area contributed by atoms with Crippen molar-refractivity contribution in [1.29, 1.82) is 0 Å². The number of aryl methyl sites for hydroxylation is 1. The molecule has 0 bridgehead atoms. The molecule has 2 aromatic heterocycles. The summed E-state index contributed by atoms with van der Waals surface area (Å²) in [5.41, 5.74) is 1.99. The lowest BCUT2D eigenvalue weighted by atomic mass is 10.0. The molecule has 0 aromatic carbocycles. The second kappa shape index (κ2) is 7.57. The Labute approximate surface area is 125 Å². The number of carbonyl (C=O) groups is 1. The minimum absolute atomic E-state index is 0.0400. The van der Waals surface area contributed by atoms with Gasteiger partial charge in [0.1, 0.15) is 0 Å². The second-order valence-corrected chi connectivity index (χ2v) is 5.27. The fourth-order valence-corrected chi connectivity index (χ4v) is 2.23. The van der Waals surface area contributed by atoms with Gasteiger partial charge in [-0.1, -0.05) is 26.3 Å². The maximum Gasteiger partial charge on any atom is 0.225 e. The summed E-state index contributed by atoms with van der Waals surface area (Å²) in [5, 5.41) is 9.95. The molecule has 2 aromatic rings. The van der Waals surface area contributed by atoms with Gasteiger partial charge in [0.2, 0.25) is 5.91 Å². The van der Waals surface area contributed by atoms with Crippen molar-refractivity contribution in [2.45, 2.75) is 45.4 Å². The maximum absolute atomic E-state index is 11.9. The molecule has 0 spiro atoms. The highest BCUT2D eigenvalue weighted by Crippen LogP contribution is 2.20. The molecule has 5 nitrogen and oxygen atoms in total. The van der Waals surface area contributed by atoms with Gasteiger partial charge in [0, 0.05) is 30.1 Å². The minimum Gasteiger partial charge on any atom is -0.309 e. The SMILES string of the molecule is CCC[C@@H](C)c1cc(NC(=O)CCc2ccccn2)n[nH]1. The van der Waals surface area contributed by atoms with Gasteiger partial charge in [0.25, 0.3) is 0 Å². The molecule has 5 heteroatoms. The van der Waals surface area contributed by atoms with Crippen LogP contribution in [0.5, 0.6) is 0 Å². The van der Waals surface area contributed by atoms with Crippen LogP contribution in [-0.4, -0.2) is 21.1 Å². The number of pyridine rings is 1. The van der Waals surface area contributed by atoms with Crippen LogP contribution in [0.4, 0.5) is 5.82 Å². The van der Waals surface area contributed by atoms with Gasteiger partial charge in [-0.25, -0.2) is 0 Å². The van der Waals surface area contributed by atoms with Crippen LogP contribution in [0.2, 0.25) is 0 Å². The van der Waals surface area contributed by atoms with Crippen LogP contribution in [-0.2, 0) is 11.2 Å². The highest BCUT2D eigenvalue weighted by Gasteiger charge is 2.10.